The van der Waals surface area contributed by atoms with Crippen LogP contribution in [0.5, 0.6) is 23.0 Å². The number of aryl methyl sites for hydroxylation is 3. The van der Waals surface area contributed by atoms with Crippen molar-refractivity contribution >= 4 is 29.2 Å². The Morgan fingerprint density at radius 1 is 0.939 bits per heavy atom. The Labute approximate surface area is 287 Å². The highest BCUT2D eigenvalue weighted by Gasteiger charge is 2.27. The first-order valence-electron chi connectivity index (χ1n) is 16.4. The van der Waals surface area contributed by atoms with E-state index in [0.717, 1.165) is 49.4 Å². The highest BCUT2D eigenvalue weighted by molar-refractivity contribution is 5.98. The first-order valence-corrected chi connectivity index (χ1v) is 16.4. The Morgan fingerprint density at radius 3 is 2.33 bits per heavy atom. The lowest BCUT2D eigenvalue weighted by Crippen LogP contribution is -2.49. The number of rotatable bonds is 12. The fourth-order valence-corrected chi connectivity index (χ4v) is 5.89. The summed E-state index contributed by atoms with van der Waals surface area (Å²) in [6, 6.07) is 15.7. The molecule has 49 heavy (non-hydrogen) atoms. The van der Waals surface area contributed by atoms with Crippen LogP contribution in [0, 0.1) is 26.6 Å². The molecule has 0 saturated carbocycles. The maximum atomic E-state index is 15.1. The van der Waals surface area contributed by atoms with Crippen LogP contribution in [0.15, 0.2) is 60.8 Å². The van der Waals surface area contributed by atoms with E-state index in [-0.39, 0.29) is 17.5 Å². The van der Waals surface area contributed by atoms with Crippen LogP contribution in [-0.2, 0) is 0 Å². The number of amides is 1. The predicted octanol–water partition coefficient (Wildman–Crippen LogP) is 7.04. The largest absolute Gasteiger partial charge is 0.497 e. The summed E-state index contributed by atoms with van der Waals surface area (Å²) in [7, 11) is 3.04. The van der Waals surface area contributed by atoms with Gasteiger partial charge < -0.3 is 24.3 Å². The second-order valence-corrected chi connectivity index (χ2v) is 12.3. The van der Waals surface area contributed by atoms with E-state index in [9.17, 15) is 4.79 Å². The van der Waals surface area contributed by atoms with Crippen LogP contribution in [0.1, 0.15) is 30.5 Å². The van der Waals surface area contributed by atoms with Gasteiger partial charge in [-0.15, -0.1) is 0 Å². The second kappa shape index (κ2) is 16.0. The zero-order valence-corrected chi connectivity index (χ0v) is 29.2. The monoisotopic (exact) mass is 672 g/mol. The van der Waals surface area contributed by atoms with Crippen molar-refractivity contribution in [3.8, 4) is 23.0 Å². The van der Waals surface area contributed by atoms with E-state index in [1.165, 1.54) is 24.3 Å². The fraction of sp³-hybridized carbons (Fsp3) is 0.378. The number of carbonyl (C=O) groups is 1. The third-order valence-electron chi connectivity index (χ3n) is 8.46. The highest BCUT2D eigenvalue weighted by Crippen LogP contribution is 2.37. The van der Waals surface area contributed by atoms with E-state index in [2.05, 4.69) is 38.9 Å². The molecule has 0 spiro atoms. The molecule has 11 nitrogen and oxygen atoms in total. The van der Waals surface area contributed by atoms with Gasteiger partial charge in [-0.05, 0) is 70.0 Å². The number of aromatic nitrogens is 2. The van der Waals surface area contributed by atoms with Crippen molar-refractivity contribution in [2.45, 2.75) is 40.7 Å². The lowest BCUT2D eigenvalue weighted by Gasteiger charge is -2.36. The number of piperazine rings is 1. The predicted molar refractivity (Wildman–Crippen MR) is 189 cm³/mol. The summed E-state index contributed by atoms with van der Waals surface area (Å²) in [4.78, 5) is 29.0. The lowest BCUT2D eigenvalue weighted by atomic mass is 10.1. The summed E-state index contributed by atoms with van der Waals surface area (Å²) in [5.74, 6) is 1.35. The summed E-state index contributed by atoms with van der Waals surface area (Å²) in [5, 5.41) is 3.04. The second-order valence-electron chi connectivity index (χ2n) is 12.3. The number of hydrogen-bond donors (Lipinski definition) is 1. The molecule has 0 atom stereocenters. The van der Waals surface area contributed by atoms with Gasteiger partial charge in [0.15, 0.2) is 11.6 Å². The molecule has 0 unspecified atom stereocenters. The third-order valence-corrected chi connectivity index (χ3v) is 8.46. The summed E-state index contributed by atoms with van der Waals surface area (Å²) in [6.07, 6.45) is 0.788. The molecule has 0 bridgehead atoms. The van der Waals surface area contributed by atoms with Gasteiger partial charge >= 0.3 is 6.09 Å². The minimum Gasteiger partial charge on any atom is -0.497 e. The lowest BCUT2D eigenvalue weighted by molar-refractivity contribution is 0.0965. The smallest absolute Gasteiger partial charge is 0.425 e. The van der Waals surface area contributed by atoms with E-state index in [1.54, 1.807) is 43.5 Å². The molecule has 3 aromatic carbocycles. The normalized spacial score (nSPS) is 13.7. The van der Waals surface area contributed by atoms with E-state index in [1.807, 2.05) is 32.9 Å². The van der Waals surface area contributed by atoms with Gasteiger partial charge in [-0.3, -0.25) is 9.80 Å². The average molecular weight is 673 g/mol. The van der Waals surface area contributed by atoms with Crippen LogP contribution < -0.4 is 29.2 Å². The number of benzene rings is 3. The molecule has 2 heterocycles. The van der Waals surface area contributed by atoms with Crippen LogP contribution in [0.2, 0.25) is 0 Å². The molecule has 1 amide bonds. The van der Waals surface area contributed by atoms with Crippen LogP contribution >= 0.6 is 0 Å². The molecule has 1 N–H and O–H groups in total. The van der Waals surface area contributed by atoms with Gasteiger partial charge in [-0.25, -0.2) is 19.1 Å². The summed E-state index contributed by atoms with van der Waals surface area (Å²) in [6.45, 7) is 15.3. The highest BCUT2D eigenvalue weighted by atomic mass is 19.1. The zero-order valence-electron chi connectivity index (χ0n) is 29.2. The minimum atomic E-state index is -0.711. The number of halogens is 1. The van der Waals surface area contributed by atoms with Crippen molar-refractivity contribution < 1.29 is 28.1 Å². The quantitative estimate of drug-likeness (QED) is 0.169. The van der Waals surface area contributed by atoms with Crippen molar-refractivity contribution in [3.05, 3.63) is 83.3 Å². The van der Waals surface area contributed by atoms with Crippen molar-refractivity contribution in [3.63, 3.8) is 0 Å². The van der Waals surface area contributed by atoms with Crippen LogP contribution in [-0.4, -0.2) is 85.5 Å². The van der Waals surface area contributed by atoms with Gasteiger partial charge in [-0.2, -0.15) is 4.98 Å². The number of carbonyl (C=O) groups excluding carboxylic acids is 1. The molecule has 1 aromatic heterocycles. The molecule has 1 aliphatic rings. The molecule has 5 rings (SSSR count). The molecule has 1 fully saturated rings. The third kappa shape index (κ3) is 8.76. The number of anilines is 4. The molecule has 260 valence electrons. The van der Waals surface area contributed by atoms with Crippen molar-refractivity contribution in [1.29, 1.82) is 0 Å². The number of nitrogens with one attached hydrogen (secondary N) is 1. The number of methoxy groups -OCH3 is 2. The van der Waals surface area contributed by atoms with Gasteiger partial charge in [0.2, 0.25) is 5.95 Å². The Kier molecular flexibility index (Phi) is 11.5. The van der Waals surface area contributed by atoms with E-state index in [4.69, 9.17) is 18.9 Å². The first kappa shape index (κ1) is 35.4. The molecule has 1 saturated heterocycles. The van der Waals surface area contributed by atoms with Gasteiger partial charge in [0.05, 0.1) is 19.9 Å². The van der Waals surface area contributed by atoms with Crippen molar-refractivity contribution in [2.24, 2.45) is 0 Å². The first-order chi connectivity index (χ1) is 23.6. The van der Waals surface area contributed by atoms with Crippen molar-refractivity contribution in [2.75, 3.05) is 63.8 Å². The zero-order chi connectivity index (χ0) is 35.1. The van der Waals surface area contributed by atoms with E-state index < -0.39 is 11.9 Å². The Bertz CT molecular complexity index is 1740. The number of hydrogen-bond acceptors (Lipinski definition) is 10. The van der Waals surface area contributed by atoms with E-state index >= 15 is 4.39 Å². The van der Waals surface area contributed by atoms with Gasteiger partial charge in [-0.1, -0.05) is 17.7 Å². The number of ether oxygens (including phenoxy) is 4. The average Bonchev–Trinajstić information content (AvgIpc) is 3.08. The molecular formula is C37H45FN6O5. The molecule has 1 aliphatic heterocycles. The maximum Gasteiger partial charge on any atom is 0.425 e. The molecule has 12 heteroatoms. The Balaban J connectivity index is 1.33. The molecule has 0 radical (unpaired) electrons. The summed E-state index contributed by atoms with van der Waals surface area (Å²) >= 11 is 0. The van der Waals surface area contributed by atoms with Gasteiger partial charge in [0.25, 0.3) is 0 Å². The maximum absolute atomic E-state index is 15.1. The topological polar surface area (TPSA) is 102 Å². The molecule has 4 aromatic rings. The SMILES string of the molecule is COc1ccc(N(C(=O)Oc2c(C)cc(C)cc2C)c2ccnc(Nc3ccc(OCCN4CCN(C(C)C)CC4)c(F)c3)n2)c(OC)c1. The fourth-order valence-electron chi connectivity index (χ4n) is 5.89. The summed E-state index contributed by atoms with van der Waals surface area (Å²) in [5.41, 5.74) is 3.47. The molecular weight excluding hydrogens is 627 g/mol. The van der Waals surface area contributed by atoms with Crippen LogP contribution in [0.3, 0.4) is 0 Å². The van der Waals surface area contributed by atoms with Gasteiger partial charge in [0.1, 0.15) is 29.7 Å². The molecule has 0 aliphatic carbocycles. The van der Waals surface area contributed by atoms with E-state index in [0.29, 0.717) is 41.3 Å². The standard InChI is InChI=1S/C37H45FN6O5/c1-24(2)43-16-14-42(15-17-43)18-19-48-32-11-8-28(22-30(32)38)40-36-39-13-12-34(41-36)44(31-10-9-29(46-6)23-33(31)47-7)37(45)49-35-26(4)20-25(3)21-27(35)5/h8-13,20-24H,14-19H2,1-7H3,(H,39,40,41). The minimum absolute atomic E-state index is 0.138. The Hall–Kier alpha value is -4.94. The number of nitrogens with zero attached hydrogens (tertiary/aromatic N) is 5. The van der Waals surface area contributed by atoms with Crippen LogP contribution in [0.4, 0.5) is 32.3 Å². The summed E-state index contributed by atoms with van der Waals surface area (Å²) < 4.78 is 37.9. The Morgan fingerprint density at radius 2 is 1.67 bits per heavy atom. The van der Waals surface area contributed by atoms with Gasteiger partial charge in [0, 0.05) is 68.8 Å². The van der Waals surface area contributed by atoms with Crippen molar-refractivity contribution in [1.82, 2.24) is 19.8 Å². The van der Waals surface area contributed by atoms with Crippen LogP contribution in [0.25, 0.3) is 0 Å².